The third-order valence-electron chi connectivity index (χ3n) is 7.17. The zero-order valence-electron chi connectivity index (χ0n) is 25.0. The Morgan fingerprint density at radius 3 is 2.24 bits per heavy atom. The summed E-state index contributed by atoms with van der Waals surface area (Å²) in [7, 11) is 0.525. The van der Waals surface area contributed by atoms with Crippen LogP contribution in [-0.2, 0) is 25.5 Å². The van der Waals surface area contributed by atoms with Crippen LogP contribution in [0.4, 0.5) is 4.39 Å². The molecule has 0 radical (unpaired) electrons. The summed E-state index contributed by atoms with van der Waals surface area (Å²) in [6.07, 6.45) is 0.384. The van der Waals surface area contributed by atoms with E-state index in [0.717, 1.165) is 27.8 Å². The maximum absolute atomic E-state index is 15.3. The molecule has 0 aliphatic carbocycles. The summed E-state index contributed by atoms with van der Waals surface area (Å²) in [5.41, 5.74) is 4.62. The van der Waals surface area contributed by atoms with Crippen molar-refractivity contribution in [3.05, 3.63) is 76.6 Å². The Kier molecular flexibility index (Phi) is 9.58. The van der Waals surface area contributed by atoms with Crippen molar-refractivity contribution in [1.82, 2.24) is 4.90 Å². The van der Waals surface area contributed by atoms with Crippen LogP contribution in [0.1, 0.15) is 42.5 Å². The average Bonchev–Trinajstić information content (AvgIpc) is 2.90. The van der Waals surface area contributed by atoms with Gasteiger partial charge in [0.05, 0.1) is 25.3 Å². The van der Waals surface area contributed by atoms with E-state index >= 15 is 4.39 Å². The molecule has 0 saturated carbocycles. The van der Waals surface area contributed by atoms with Gasteiger partial charge in [0.15, 0.2) is 11.6 Å². The van der Waals surface area contributed by atoms with Crippen LogP contribution in [0.3, 0.4) is 0 Å². The smallest absolute Gasteiger partial charge is 0.494 e. The van der Waals surface area contributed by atoms with Crippen molar-refractivity contribution in [3.8, 4) is 22.6 Å². The topological polar surface area (TPSA) is 94.5 Å². The summed E-state index contributed by atoms with van der Waals surface area (Å²) < 4.78 is 37.7. The van der Waals surface area contributed by atoms with Gasteiger partial charge in [-0.1, -0.05) is 30.3 Å². The van der Waals surface area contributed by atoms with Gasteiger partial charge in [-0.2, -0.15) is 0 Å². The van der Waals surface area contributed by atoms with Crippen LogP contribution >= 0.6 is 0 Å². The molecule has 3 aromatic rings. The lowest BCUT2D eigenvalue weighted by molar-refractivity contribution is -0.145. The van der Waals surface area contributed by atoms with E-state index in [1.54, 1.807) is 58.2 Å². The fourth-order valence-corrected chi connectivity index (χ4v) is 4.82. The van der Waals surface area contributed by atoms with Gasteiger partial charge in [0, 0.05) is 11.9 Å². The summed E-state index contributed by atoms with van der Waals surface area (Å²) in [6.45, 7) is 9.51. The fraction of sp³-hybridized carbons (Fsp3) is 0.375. The third kappa shape index (κ3) is 7.69. The Morgan fingerprint density at radius 2 is 1.62 bits per heavy atom. The minimum atomic E-state index is -1.11. The van der Waals surface area contributed by atoms with Crippen LogP contribution in [0.15, 0.2) is 48.5 Å². The molecule has 0 unspecified atom stereocenters. The van der Waals surface area contributed by atoms with Gasteiger partial charge in [0.25, 0.3) is 0 Å². The van der Waals surface area contributed by atoms with Gasteiger partial charge in [-0.15, -0.1) is 0 Å². The summed E-state index contributed by atoms with van der Waals surface area (Å²) >= 11 is 0. The van der Waals surface area contributed by atoms with Crippen LogP contribution in [0.2, 0.25) is 0 Å². The number of hydrogen-bond acceptors (Lipinski definition) is 8. The second kappa shape index (κ2) is 13.0. The van der Waals surface area contributed by atoms with Crippen molar-refractivity contribution in [1.29, 1.82) is 0 Å². The van der Waals surface area contributed by atoms with Gasteiger partial charge >= 0.3 is 19.1 Å². The number of hydrogen-bond donors (Lipinski definition) is 1. The Morgan fingerprint density at radius 1 is 0.976 bits per heavy atom. The first kappa shape index (κ1) is 31.1. The molecule has 222 valence electrons. The molecule has 0 atom stereocenters. The molecule has 0 amide bonds. The zero-order valence-corrected chi connectivity index (χ0v) is 25.0. The van der Waals surface area contributed by atoms with Gasteiger partial charge in [-0.05, 0) is 93.2 Å². The molecule has 1 fully saturated rings. The van der Waals surface area contributed by atoms with Crippen LogP contribution < -0.4 is 14.9 Å². The van der Waals surface area contributed by atoms with E-state index < -0.39 is 30.5 Å². The molecular weight excluding hydrogens is 540 g/mol. The molecule has 0 bridgehead atoms. The highest BCUT2D eigenvalue weighted by Gasteiger charge is 2.33. The highest BCUT2D eigenvalue weighted by atomic mass is 19.1. The molecule has 4 rings (SSSR count). The van der Waals surface area contributed by atoms with Gasteiger partial charge in [-0.25, -0.2) is 4.39 Å². The van der Waals surface area contributed by atoms with Gasteiger partial charge in [-0.3, -0.25) is 14.5 Å². The van der Waals surface area contributed by atoms with Crippen molar-refractivity contribution >= 4 is 24.5 Å². The number of aliphatic hydroxyl groups is 1. The summed E-state index contributed by atoms with van der Waals surface area (Å²) in [6, 6.07) is 14.4. The zero-order chi connectivity index (χ0) is 30.6. The van der Waals surface area contributed by atoms with Crippen molar-refractivity contribution in [2.24, 2.45) is 0 Å². The number of ether oxygens (including phenoxy) is 2. The van der Waals surface area contributed by atoms with E-state index in [1.165, 1.54) is 4.90 Å². The van der Waals surface area contributed by atoms with Gasteiger partial charge in [0.2, 0.25) is 0 Å². The molecule has 3 aromatic carbocycles. The molecule has 0 spiro atoms. The SMILES string of the molecule is Cc1cc(OCCC(C)(C)O)c(F)c(C)c1-c1cccc(COc2ccc(B3OC(=O)CN(C)CC(=O)O3)cc2)c1C. The van der Waals surface area contributed by atoms with E-state index in [9.17, 15) is 14.7 Å². The predicted molar refractivity (Wildman–Crippen MR) is 158 cm³/mol. The monoisotopic (exact) mass is 577 g/mol. The van der Waals surface area contributed by atoms with Gasteiger partial charge < -0.3 is 23.9 Å². The third-order valence-corrected chi connectivity index (χ3v) is 7.17. The number of aryl methyl sites for hydroxylation is 1. The fourth-order valence-electron chi connectivity index (χ4n) is 4.82. The lowest BCUT2D eigenvalue weighted by atomic mass is 9.78. The summed E-state index contributed by atoms with van der Waals surface area (Å²) in [5.74, 6) is -0.624. The first-order chi connectivity index (χ1) is 19.8. The first-order valence-corrected chi connectivity index (χ1v) is 13.9. The standard InChI is InChI=1S/C32H37BFNO7/c1-20-16-27(39-15-14-32(4,5)38)31(34)22(3)30(20)26-9-7-8-23(21(26)2)19-40-25-12-10-24(11-13-25)33-41-28(36)17-35(6)18-29(37)42-33/h7-13,16,38H,14-15,17-19H2,1-6H3. The van der Waals surface area contributed by atoms with E-state index in [1.807, 2.05) is 32.0 Å². The second-order valence-electron chi connectivity index (χ2n) is 11.3. The first-order valence-electron chi connectivity index (χ1n) is 13.9. The number of likely N-dealkylation sites (N-methyl/N-ethyl adjacent to an activating group) is 1. The minimum absolute atomic E-state index is 0.00204. The second-order valence-corrected chi connectivity index (χ2v) is 11.3. The summed E-state index contributed by atoms with van der Waals surface area (Å²) in [4.78, 5) is 25.6. The van der Waals surface area contributed by atoms with Crippen LogP contribution in [0.5, 0.6) is 11.5 Å². The number of nitrogens with zero attached hydrogens (tertiary/aromatic N) is 1. The highest BCUT2D eigenvalue weighted by Crippen LogP contribution is 2.37. The molecule has 0 aromatic heterocycles. The lowest BCUT2D eigenvalue weighted by Gasteiger charge is -2.22. The lowest BCUT2D eigenvalue weighted by Crippen LogP contribution is -2.47. The molecule has 1 aliphatic rings. The number of rotatable bonds is 9. The molecule has 1 N–H and O–H groups in total. The number of carbonyl (C=O) groups is 2. The molecule has 1 heterocycles. The Balaban J connectivity index is 1.47. The molecule has 1 aliphatic heterocycles. The molecule has 1 saturated heterocycles. The largest absolute Gasteiger partial charge is 0.636 e. The average molecular weight is 577 g/mol. The highest BCUT2D eigenvalue weighted by molar-refractivity contribution is 6.64. The van der Waals surface area contributed by atoms with Crippen molar-refractivity contribution in [3.63, 3.8) is 0 Å². The number of halogens is 1. The Hall–Kier alpha value is -3.89. The van der Waals surface area contributed by atoms with E-state index in [4.69, 9.17) is 18.8 Å². The van der Waals surface area contributed by atoms with Crippen LogP contribution in [0, 0.1) is 26.6 Å². The quantitative estimate of drug-likeness (QED) is 0.377. The van der Waals surface area contributed by atoms with Crippen molar-refractivity contribution in [2.75, 3.05) is 26.7 Å². The summed E-state index contributed by atoms with van der Waals surface area (Å²) in [5, 5.41) is 9.93. The maximum atomic E-state index is 15.3. The molecular formula is C32H37BFNO7. The van der Waals surface area contributed by atoms with Crippen LogP contribution in [0.25, 0.3) is 11.1 Å². The van der Waals surface area contributed by atoms with E-state index in [-0.39, 0.29) is 32.1 Å². The predicted octanol–water partition coefficient (Wildman–Crippen LogP) is 4.26. The van der Waals surface area contributed by atoms with E-state index in [0.29, 0.717) is 23.2 Å². The number of carbonyl (C=O) groups excluding carboxylic acids is 2. The molecule has 42 heavy (non-hydrogen) atoms. The van der Waals surface area contributed by atoms with E-state index in [2.05, 4.69) is 0 Å². The normalized spacial score (nSPS) is 14.6. The maximum Gasteiger partial charge on any atom is 0.636 e. The molecule has 10 heteroatoms. The Labute approximate surface area is 246 Å². The van der Waals surface area contributed by atoms with Gasteiger partial charge in [0.1, 0.15) is 12.4 Å². The molecule has 8 nitrogen and oxygen atoms in total. The van der Waals surface area contributed by atoms with Crippen molar-refractivity contribution < 1.29 is 37.9 Å². The van der Waals surface area contributed by atoms with Crippen molar-refractivity contribution in [2.45, 2.75) is 53.2 Å². The minimum Gasteiger partial charge on any atom is -0.494 e. The number of benzene rings is 3. The Bertz CT molecular complexity index is 1430. The van der Waals surface area contributed by atoms with Crippen LogP contribution in [-0.4, -0.2) is 61.4 Å².